The summed E-state index contributed by atoms with van der Waals surface area (Å²) < 4.78 is 22.7. The zero-order chi connectivity index (χ0) is 30.8. The first-order valence-corrected chi connectivity index (χ1v) is 15.4. The van der Waals surface area contributed by atoms with E-state index in [0.29, 0.717) is 37.5 Å². The molecule has 1 unspecified atom stereocenters. The molecule has 0 N–H and O–H groups in total. The van der Waals surface area contributed by atoms with Crippen molar-refractivity contribution in [3.63, 3.8) is 0 Å². The Hall–Kier alpha value is -3.16. The van der Waals surface area contributed by atoms with Crippen molar-refractivity contribution in [2.24, 2.45) is 5.41 Å². The van der Waals surface area contributed by atoms with Crippen LogP contribution in [0.1, 0.15) is 65.0 Å². The van der Waals surface area contributed by atoms with Crippen molar-refractivity contribution in [2.45, 2.75) is 82.3 Å². The average molecular weight is 613 g/mol. The molecule has 0 aliphatic heterocycles. The molecule has 0 bridgehead atoms. The Balaban J connectivity index is 1.82. The second-order valence-electron chi connectivity index (χ2n) is 11.0. The Morgan fingerprint density at radius 3 is 2.24 bits per heavy atom. The van der Waals surface area contributed by atoms with E-state index in [2.05, 4.69) is 0 Å². The Labute approximate surface area is 259 Å². The Morgan fingerprint density at radius 2 is 1.62 bits per heavy atom. The molecule has 0 saturated carbocycles. The monoisotopic (exact) mass is 612 g/mol. The number of hydrogen-bond donors (Lipinski definition) is 0. The van der Waals surface area contributed by atoms with Crippen molar-refractivity contribution in [1.29, 1.82) is 0 Å². The molecule has 0 fully saturated rings. The molecule has 8 heteroatoms. The first-order valence-electron chi connectivity index (χ1n) is 14.2. The first kappa shape index (κ1) is 33.3. The van der Waals surface area contributed by atoms with E-state index in [9.17, 15) is 9.59 Å². The van der Waals surface area contributed by atoms with Crippen LogP contribution >= 0.6 is 23.4 Å². The predicted molar refractivity (Wildman–Crippen MR) is 167 cm³/mol. The van der Waals surface area contributed by atoms with Gasteiger partial charge >= 0.3 is 11.9 Å². The minimum Gasteiger partial charge on any atom is -0.494 e. The summed E-state index contributed by atoms with van der Waals surface area (Å²) >= 11 is 8.29. The maximum Gasteiger partial charge on any atom is 0.324 e. The van der Waals surface area contributed by atoms with Crippen LogP contribution in [0.4, 0.5) is 0 Å². The number of benzene rings is 3. The van der Waals surface area contributed by atoms with Gasteiger partial charge in [-0.3, -0.25) is 9.59 Å². The summed E-state index contributed by atoms with van der Waals surface area (Å²) in [5.41, 5.74) is -0.230. The van der Waals surface area contributed by atoms with Crippen LogP contribution in [0.25, 0.3) is 0 Å². The van der Waals surface area contributed by atoms with Crippen LogP contribution < -0.4 is 9.47 Å². The number of methoxy groups -OCH3 is 1. The molecule has 0 amide bonds. The predicted octanol–water partition coefficient (Wildman–Crippen LogP) is 8.70. The van der Waals surface area contributed by atoms with Crippen LogP contribution in [0.15, 0.2) is 76.5 Å². The van der Waals surface area contributed by atoms with Gasteiger partial charge in [-0.25, -0.2) is 0 Å². The Morgan fingerprint density at radius 1 is 0.881 bits per heavy atom. The lowest BCUT2D eigenvalue weighted by atomic mass is 9.78. The molecule has 0 aliphatic carbocycles. The van der Waals surface area contributed by atoms with Gasteiger partial charge in [0.2, 0.25) is 0 Å². The van der Waals surface area contributed by atoms with Gasteiger partial charge < -0.3 is 18.9 Å². The van der Waals surface area contributed by atoms with E-state index >= 15 is 0 Å². The largest absolute Gasteiger partial charge is 0.494 e. The zero-order valence-corrected chi connectivity index (χ0v) is 26.9. The zero-order valence-electron chi connectivity index (χ0n) is 25.3. The first-order chi connectivity index (χ1) is 20.0. The van der Waals surface area contributed by atoms with Crippen LogP contribution in [0.2, 0.25) is 5.02 Å². The molecule has 0 heterocycles. The molecule has 0 spiro atoms. The molecular weight excluding hydrogens is 572 g/mol. The average Bonchev–Trinajstić information content (AvgIpc) is 2.95. The summed E-state index contributed by atoms with van der Waals surface area (Å²) in [5, 5.41) is 0.548. The van der Waals surface area contributed by atoms with Gasteiger partial charge in [0.05, 0.1) is 18.6 Å². The van der Waals surface area contributed by atoms with Crippen LogP contribution in [-0.4, -0.2) is 31.3 Å². The SMILES string of the molecule is CCCC(CCc1ccc(Sc2cc(OCC)ccc2OCc2ccccc2)cc1Cl)(C(=O)OC)C(=O)OC(C)(C)C. The lowest BCUT2D eigenvalue weighted by molar-refractivity contribution is -0.179. The summed E-state index contributed by atoms with van der Waals surface area (Å²) in [6.07, 6.45) is 1.57. The molecule has 0 aromatic heterocycles. The fraction of sp³-hybridized carbons (Fsp3) is 0.412. The molecule has 3 aromatic rings. The smallest absolute Gasteiger partial charge is 0.324 e. The second-order valence-corrected chi connectivity index (χ2v) is 12.5. The van der Waals surface area contributed by atoms with Gasteiger partial charge in [-0.15, -0.1) is 0 Å². The highest BCUT2D eigenvalue weighted by Crippen LogP contribution is 2.40. The summed E-state index contributed by atoms with van der Waals surface area (Å²) in [7, 11) is 1.30. The van der Waals surface area contributed by atoms with E-state index in [-0.39, 0.29) is 6.42 Å². The molecule has 0 radical (unpaired) electrons. The van der Waals surface area contributed by atoms with Crippen molar-refractivity contribution in [2.75, 3.05) is 13.7 Å². The van der Waals surface area contributed by atoms with Gasteiger partial charge in [-0.2, -0.15) is 0 Å². The van der Waals surface area contributed by atoms with E-state index in [1.807, 2.05) is 80.6 Å². The standard InChI is InChI=1S/C34H41ClO6S/c1-7-19-34(31(36)38-6,32(37)41-33(3,4)5)20-18-25-14-16-27(22-28(25)35)42-30-21-26(39-8-2)15-17-29(30)40-23-24-12-10-9-11-13-24/h9-17,21-22H,7-8,18-20,23H2,1-6H3. The number of rotatable bonds is 14. The highest BCUT2D eigenvalue weighted by Gasteiger charge is 2.48. The van der Waals surface area contributed by atoms with E-state index in [1.165, 1.54) is 18.9 Å². The van der Waals surface area contributed by atoms with Crippen molar-refractivity contribution < 1.29 is 28.5 Å². The molecular formula is C34H41ClO6S. The van der Waals surface area contributed by atoms with Crippen molar-refractivity contribution >= 4 is 35.3 Å². The molecule has 3 rings (SSSR count). The second kappa shape index (κ2) is 15.4. The third-order valence-electron chi connectivity index (χ3n) is 6.58. The lowest BCUT2D eigenvalue weighted by Gasteiger charge is -2.32. The summed E-state index contributed by atoms with van der Waals surface area (Å²) in [4.78, 5) is 28.1. The number of ether oxygens (including phenoxy) is 4. The van der Waals surface area contributed by atoms with Crippen LogP contribution in [0, 0.1) is 5.41 Å². The number of esters is 2. The molecule has 226 valence electrons. The number of carbonyl (C=O) groups is 2. The quantitative estimate of drug-likeness (QED) is 0.133. The Bertz CT molecular complexity index is 1340. The summed E-state index contributed by atoms with van der Waals surface area (Å²) in [6.45, 7) is 10.2. The van der Waals surface area contributed by atoms with Crippen LogP contribution in [-0.2, 0) is 32.1 Å². The minimum absolute atomic E-state index is 0.225. The highest BCUT2D eigenvalue weighted by atomic mass is 35.5. The fourth-order valence-electron chi connectivity index (χ4n) is 4.56. The molecule has 1 atom stereocenters. The molecule has 3 aromatic carbocycles. The lowest BCUT2D eigenvalue weighted by Crippen LogP contribution is -2.44. The van der Waals surface area contributed by atoms with Gasteiger partial charge in [0.1, 0.15) is 23.7 Å². The normalized spacial score (nSPS) is 12.7. The fourth-order valence-corrected chi connectivity index (χ4v) is 5.87. The Kier molecular flexibility index (Phi) is 12.2. The molecule has 42 heavy (non-hydrogen) atoms. The van der Waals surface area contributed by atoms with E-state index in [0.717, 1.165) is 32.4 Å². The third kappa shape index (κ3) is 9.17. The van der Waals surface area contributed by atoms with Crippen molar-refractivity contribution in [1.82, 2.24) is 0 Å². The highest BCUT2D eigenvalue weighted by molar-refractivity contribution is 7.99. The summed E-state index contributed by atoms with van der Waals surface area (Å²) in [5.74, 6) is 0.350. The van der Waals surface area contributed by atoms with E-state index in [1.54, 1.807) is 20.8 Å². The molecule has 6 nitrogen and oxygen atoms in total. The van der Waals surface area contributed by atoms with Crippen LogP contribution in [0.3, 0.4) is 0 Å². The van der Waals surface area contributed by atoms with Gasteiger partial charge in [0.25, 0.3) is 0 Å². The van der Waals surface area contributed by atoms with Crippen LogP contribution in [0.5, 0.6) is 11.5 Å². The van der Waals surface area contributed by atoms with Gasteiger partial charge in [0.15, 0.2) is 5.41 Å². The maximum atomic E-state index is 13.3. The summed E-state index contributed by atoms with van der Waals surface area (Å²) in [6, 6.07) is 21.6. The molecule has 0 aliphatic rings. The van der Waals surface area contributed by atoms with E-state index in [4.69, 9.17) is 30.5 Å². The van der Waals surface area contributed by atoms with Gasteiger partial charge in [-0.1, -0.05) is 73.1 Å². The number of aryl methyl sites for hydroxylation is 1. The van der Waals surface area contributed by atoms with Gasteiger partial charge in [0, 0.05) is 9.92 Å². The van der Waals surface area contributed by atoms with Gasteiger partial charge in [-0.05, 0) is 88.4 Å². The maximum absolute atomic E-state index is 13.3. The van der Waals surface area contributed by atoms with E-state index < -0.39 is 23.0 Å². The van der Waals surface area contributed by atoms with Crippen molar-refractivity contribution in [3.8, 4) is 11.5 Å². The number of carbonyl (C=O) groups excluding carboxylic acids is 2. The molecule has 0 saturated heterocycles. The number of halogens is 1. The third-order valence-corrected chi connectivity index (χ3v) is 7.96. The number of hydrogen-bond acceptors (Lipinski definition) is 7. The topological polar surface area (TPSA) is 71.1 Å². The minimum atomic E-state index is -1.40. The van der Waals surface area contributed by atoms with Crippen molar-refractivity contribution in [3.05, 3.63) is 82.9 Å².